The third-order valence-corrected chi connectivity index (χ3v) is 9.47. The average Bonchev–Trinajstić information content (AvgIpc) is 3.38. The molecule has 0 aliphatic heterocycles. The van der Waals surface area contributed by atoms with E-state index in [0.29, 0.717) is 23.2 Å². The van der Waals surface area contributed by atoms with E-state index in [2.05, 4.69) is 119 Å². The first-order valence-electron chi connectivity index (χ1n) is 16.8. The molecular weight excluding hydrogens is 553 g/mol. The largest absolute Gasteiger partial charge is 0.437 e. The fourth-order valence-electron chi connectivity index (χ4n) is 6.29. The van der Waals surface area contributed by atoms with E-state index in [-0.39, 0.29) is 0 Å². The van der Waals surface area contributed by atoms with Gasteiger partial charge in [-0.2, -0.15) is 0 Å². The summed E-state index contributed by atoms with van der Waals surface area (Å²) in [6, 6.07) is 28.1. The summed E-state index contributed by atoms with van der Waals surface area (Å²) in [5.74, 6) is -0.795. The van der Waals surface area contributed by atoms with E-state index in [1.165, 1.54) is 33.4 Å². The Kier molecular flexibility index (Phi) is 7.18. The lowest BCUT2D eigenvalue weighted by Gasteiger charge is -2.22. The summed E-state index contributed by atoms with van der Waals surface area (Å²) in [5.41, 5.74) is 12.6. The average molecular weight is 600 g/mol. The summed E-state index contributed by atoms with van der Waals surface area (Å²) >= 11 is 0. The molecule has 0 saturated carbocycles. The van der Waals surface area contributed by atoms with E-state index in [1.807, 2.05) is 31.8 Å². The van der Waals surface area contributed by atoms with Crippen LogP contribution in [0.2, 0.25) is 19.6 Å². The smallest absolute Gasteiger partial charge is 0.227 e. The lowest BCUT2D eigenvalue weighted by Crippen LogP contribution is -2.30. The fourth-order valence-corrected chi connectivity index (χ4v) is 7.20. The van der Waals surface area contributed by atoms with E-state index < -0.39 is 14.1 Å². The Morgan fingerprint density at radius 1 is 0.773 bits per heavy atom. The molecule has 3 aromatic heterocycles. The maximum atomic E-state index is 8.85. The molecule has 44 heavy (non-hydrogen) atoms. The molecule has 4 heteroatoms. The highest BCUT2D eigenvalue weighted by molar-refractivity contribution is 6.75. The molecule has 0 unspecified atom stereocenters. The van der Waals surface area contributed by atoms with Crippen molar-refractivity contribution in [3.63, 3.8) is 0 Å². The molecule has 3 heterocycles. The van der Waals surface area contributed by atoms with Crippen LogP contribution in [0.3, 0.4) is 0 Å². The number of aryl methyl sites for hydroxylation is 2. The molecule has 6 rings (SSSR count). The molecule has 0 saturated heterocycles. The van der Waals surface area contributed by atoms with Gasteiger partial charge in [0.25, 0.3) is 0 Å². The first-order chi connectivity index (χ1) is 21.7. The van der Waals surface area contributed by atoms with Crippen molar-refractivity contribution in [2.45, 2.75) is 72.1 Å². The monoisotopic (exact) mass is 599 g/mol. The van der Waals surface area contributed by atoms with Gasteiger partial charge in [0.05, 0.1) is 13.6 Å². The molecule has 0 bridgehead atoms. The molecule has 0 spiro atoms. The highest BCUT2D eigenvalue weighted by Gasteiger charge is 2.25. The number of hydrogen-bond donors (Lipinski definition) is 0. The van der Waals surface area contributed by atoms with Crippen molar-refractivity contribution in [1.82, 2.24) is 4.98 Å². The summed E-state index contributed by atoms with van der Waals surface area (Å²) in [6.07, 6.45) is 2.16. The van der Waals surface area contributed by atoms with Gasteiger partial charge in [-0.1, -0.05) is 102 Å². The van der Waals surface area contributed by atoms with Crippen LogP contribution in [0.5, 0.6) is 0 Å². The standard InChI is InChI=1S/C40H45N2OSi/c1-25(2)34-21-30(28-13-11-10-12-14-28)22-35(26(3)4)38(34)29-19-20-42(6)36(23-29)37-27(5)15-17-32-33-18-16-31(24-44(7,8)9)41-40(33)43-39(32)37/h10-23,25-26H,24H2,1-9H3/q+1/i24D2. The van der Waals surface area contributed by atoms with Crippen LogP contribution < -0.4 is 4.57 Å². The molecule has 3 nitrogen and oxygen atoms in total. The third-order valence-electron chi connectivity index (χ3n) is 8.46. The van der Waals surface area contributed by atoms with Gasteiger partial charge in [-0.3, -0.25) is 0 Å². The van der Waals surface area contributed by atoms with Gasteiger partial charge in [0, 0.05) is 31.3 Å². The number of benzene rings is 3. The number of pyridine rings is 2. The minimum atomic E-state index is -2.19. The summed E-state index contributed by atoms with van der Waals surface area (Å²) in [4.78, 5) is 4.78. The molecule has 3 aromatic carbocycles. The second-order valence-electron chi connectivity index (χ2n) is 13.8. The van der Waals surface area contributed by atoms with Crippen molar-refractivity contribution >= 4 is 30.1 Å². The van der Waals surface area contributed by atoms with Crippen LogP contribution >= 0.6 is 0 Å². The van der Waals surface area contributed by atoms with Gasteiger partial charge in [0.1, 0.15) is 7.05 Å². The van der Waals surface area contributed by atoms with E-state index >= 15 is 0 Å². The van der Waals surface area contributed by atoms with Gasteiger partial charge in [-0.25, -0.2) is 9.55 Å². The van der Waals surface area contributed by atoms with Crippen molar-refractivity contribution in [2.75, 3.05) is 0 Å². The Balaban J connectivity index is 1.58. The Hall–Kier alpha value is -4.02. The Morgan fingerprint density at radius 2 is 1.43 bits per heavy atom. The van der Waals surface area contributed by atoms with Crippen molar-refractivity contribution in [3.8, 4) is 33.5 Å². The molecule has 0 N–H and O–H groups in total. The van der Waals surface area contributed by atoms with Gasteiger partial charge in [-0.15, -0.1) is 0 Å². The second kappa shape index (κ2) is 11.5. The van der Waals surface area contributed by atoms with Gasteiger partial charge in [-0.05, 0) is 75.8 Å². The quantitative estimate of drug-likeness (QED) is 0.135. The zero-order chi connectivity index (χ0) is 33.1. The molecule has 0 amide bonds. The molecule has 0 atom stereocenters. The van der Waals surface area contributed by atoms with Crippen LogP contribution in [0, 0.1) is 6.92 Å². The molecule has 224 valence electrons. The van der Waals surface area contributed by atoms with E-state index in [4.69, 9.17) is 12.1 Å². The zero-order valence-corrected chi connectivity index (χ0v) is 28.5. The van der Waals surface area contributed by atoms with Crippen LogP contribution in [0.1, 0.15) is 64.7 Å². The van der Waals surface area contributed by atoms with E-state index in [1.54, 1.807) is 0 Å². The Bertz CT molecular complexity index is 2060. The van der Waals surface area contributed by atoms with Crippen LogP contribution in [0.25, 0.3) is 55.6 Å². The fraction of sp³-hybridized carbons (Fsp3) is 0.300. The zero-order valence-electron chi connectivity index (χ0n) is 29.5. The summed E-state index contributed by atoms with van der Waals surface area (Å²) in [5, 5.41) is 1.90. The van der Waals surface area contributed by atoms with E-state index in [0.717, 1.165) is 33.2 Å². The highest BCUT2D eigenvalue weighted by Crippen LogP contribution is 2.42. The maximum absolute atomic E-state index is 8.85. The topological polar surface area (TPSA) is 29.9 Å². The summed E-state index contributed by atoms with van der Waals surface area (Å²) in [7, 11) is -0.106. The predicted octanol–water partition coefficient (Wildman–Crippen LogP) is 10.8. The van der Waals surface area contributed by atoms with Gasteiger partial charge < -0.3 is 4.42 Å². The van der Waals surface area contributed by atoms with Crippen LogP contribution in [0.4, 0.5) is 0 Å². The van der Waals surface area contributed by atoms with Crippen LogP contribution in [0.15, 0.2) is 89.5 Å². The summed E-state index contributed by atoms with van der Waals surface area (Å²) in [6.45, 7) is 17.4. The predicted molar refractivity (Wildman–Crippen MR) is 189 cm³/mol. The molecular formula is C40H45N2OSi+. The normalized spacial score (nSPS) is 13.2. The first kappa shape index (κ1) is 27.5. The van der Waals surface area contributed by atoms with Gasteiger partial charge >= 0.3 is 0 Å². The van der Waals surface area contributed by atoms with Crippen molar-refractivity contribution < 1.29 is 11.7 Å². The number of furan rings is 1. The number of nitrogens with zero attached hydrogens (tertiary/aromatic N) is 2. The van der Waals surface area contributed by atoms with Crippen LogP contribution in [-0.4, -0.2) is 13.1 Å². The van der Waals surface area contributed by atoms with Crippen LogP contribution in [-0.2, 0) is 13.0 Å². The van der Waals surface area contributed by atoms with Gasteiger partial charge in [0.15, 0.2) is 11.8 Å². The molecule has 0 radical (unpaired) electrons. The number of aromatic nitrogens is 2. The number of rotatable bonds is 7. The minimum absolute atomic E-state index is 0.340. The molecule has 0 fully saturated rings. The number of fused-ring (bicyclic) bond motifs is 3. The molecule has 0 aliphatic carbocycles. The summed E-state index contributed by atoms with van der Waals surface area (Å²) < 4.78 is 26.5. The SMILES string of the molecule is [2H]C([2H])(c1ccc2c(n1)oc1c(-c3cc(-c4c(C(C)C)cc(-c5ccccc5)cc4C(C)C)cc[n+]3C)c(C)ccc12)[Si](C)(C)C. The minimum Gasteiger partial charge on any atom is -0.437 e. The second-order valence-corrected chi connectivity index (χ2v) is 18.5. The van der Waals surface area contributed by atoms with Crippen molar-refractivity contribution in [2.24, 2.45) is 7.05 Å². The first-order valence-corrected chi connectivity index (χ1v) is 19.3. The molecule has 0 aliphatic rings. The maximum Gasteiger partial charge on any atom is 0.227 e. The number of hydrogen-bond acceptors (Lipinski definition) is 2. The van der Waals surface area contributed by atoms with Crippen molar-refractivity contribution in [3.05, 3.63) is 107 Å². The lowest BCUT2D eigenvalue weighted by atomic mass is 9.82. The third kappa shape index (κ3) is 5.64. The lowest BCUT2D eigenvalue weighted by molar-refractivity contribution is -0.660. The van der Waals surface area contributed by atoms with E-state index in [9.17, 15) is 0 Å². The van der Waals surface area contributed by atoms with Crippen molar-refractivity contribution in [1.29, 1.82) is 0 Å². The Morgan fingerprint density at radius 3 is 2.07 bits per heavy atom. The highest BCUT2D eigenvalue weighted by atomic mass is 28.3. The van der Waals surface area contributed by atoms with Gasteiger partial charge in [0.2, 0.25) is 11.4 Å². The molecule has 6 aromatic rings. The Labute approximate surface area is 266 Å².